The van der Waals surface area contributed by atoms with Crippen LogP contribution in [0.4, 0.5) is 5.69 Å². The van der Waals surface area contributed by atoms with Gasteiger partial charge in [0, 0.05) is 36.9 Å². The first kappa shape index (κ1) is 25.5. The van der Waals surface area contributed by atoms with Gasteiger partial charge in [0.05, 0.1) is 25.2 Å². The number of carbonyl (C=O) groups excluding carboxylic acids is 2. The maximum Gasteiger partial charge on any atom is 0.325 e. The predicted octanol–water partition coefficient (Wildman–Crippen LogP) is 1.63. The first-order chi connectivity index (χ1) is 16.0. The summed E-state index contributed by atoms with van der Waals surface area (Å²) in [5, 5.41) is 12.6. The molecule has 0 saturated carbocycles. The smallest absolute Gasteiger partial charge is 0.325 e. The highest BCUT2D eigenvalue weighted by molar-refractivity contribution is 7.89. The van der Waals surface area contributed by atoms with Gasteiger partial charge in [-0.3, -0.25) is 9.59 Å². The Morgan fingerprint density at radius 2 is 1.71 bits per heavy atom. The summed E-state index contributed by atoms with van der Waals surface area (Å²) in [5.74, 6) is -0.634. The maximum absolute atomic E-state index is 13.2. The first-order valence-corrected chi connectivity index (χ1v) is 12.0. The molecule has 1 aliphatic rings. The zero-order valence-corrected chi connectivity index (χ0v) is 20.2. The van der Waals surface area contributed by atoms with Crippen LogP contribution in [0.25, 0.3) is 0 Å². The molecule has 1 fully saturated rings. The Morgan fingerprint density at radius 1 is 1.06 bits per heavy atom. The fourth-order valence-corrected chi connectivity index (χ4v) is 5.30. The minimum absolute atomic E-state index is 0.0206. The number of esters is 1. The molecule has 184 valence electrons. The molecule has 0 spiro atoms. The van der Waals surface area contributed by atoms with Crippen molar-refractivity contribution >= 4 is 27.6 Å². The number of aryl methyl sites for hydroxylation is 2. The van der Waals surface area contributed by atoms with Crippen molar-refractivity contribution in [1.82, 2.24) is 4.31 Å². The molecule has 2 N–H and O–H groups in total. The second-order valence-electron chi connectivity index (χ2n) is 7.98. The Kier molecular flexibility index (Phi) is 7.80. The van der Waals surface area contributed by atoms with Gasteiger partial charge in [0.15, 0.2) is 6.61 Å². The van der Waals surface area contributed by atoms with Gasteiger partial charge >= 0.3 is 5.97 Å². The number of benzene rings is 2. The van der Waals surface area contributed by atoms with E-state index < -0.39 is 40.7 Å². The molecule has 0 aromatic heterocycles. The molecule has 1 amide bonds. The average molecular weight is 493 g/mol. The van der Waals surface area contributed by atoms with E-state index in [4.69, 9.17) is 14.2 Å². The number of β-amino-alcohol motifs (C(OH)–C–C–N with tert-alkyl or cyclic N) is 1. The Bertz CT molecular complexity index is 1160. The summed E-state index contributed by atoms with van der Waals surface area (Å²) in [5.41, 5.74) is 2.08. The average Bonchev–Trinajstić information content (AvgIpc) is 3.21. The molecule has 2 atom stereocenters. The summed E-state index contributed by atoms with van der Waals surface area (Å²) in [4.78, 5) is 25.0. The molecule has 2 aromatic rings. The number of ether oxygens (including phenoxy) is 3. The molecule has 2 unspecified atom stereocenters. The third kappa shape index (κ3) is 5.66. The van der Waals surface area contributed by atoms with Crippen LogP contribution in [0, 0.1) is 13.8 Å². The van der Waals surface area contributed by atoms with E-state index in [0.717, 1.165) is 15.4 Å². The molecule has 1 aliphatic heterocycles. The molecule has 0 radical (unpaired) electrons. The topological polar surface area (TPSA) is 131 Å². The maximum atomic E-state index is 13.2. The minimum atomic E-state index is -4.06. The number of anilines is 1. The van der Waals surface area contributed by atoms with E-state index in [1.807, 2.05) is 6.92 Å². The SMILES string of the molecule is COc1cc(NC(=O)COC(=O)C2CC(O)CN2S(=O)(=O)c2ccc(C)c(C)c2)cc(OC)c1. The minimum Gasteiger partial charge on any atom is -0.497 e. The van der Waals surface area contributed by atoms with E-state index in [2.05, 4.69) is 5.32 Å². The van der Waals surface area contributed by atoms with Crippen molar-refractivity contribution in [2.24, 2.45) is 0 Å². The predicted molar refractivity (Wildman–Crippen MR) is 123 cm³/mol. The van der Waals surface area contributed by atoms with Crippen molar-refractivity contribution in [1.29, 1.82) is 0 Å². The van der Waals surface area contributed by atoms with E-state index in [1.165, 1.54) is 26.4 Å². The summed E-state index contributed by atoms with van der Waals surface area (Å²) in [6.07, 6.45) is -1.16. The van der Waals surface area contributed by atoms with E-state index in [-0.39, 0.29) is 17.9 Å². The third-order valence-corrected chi connectivity index (χ3v) is 7.44. The van der Waals surface area contributed by atoms with Crippen molar-refractivity contribution in [2.75, 3.05) is 32.7 Å². The number of sulfonamides is 1. The van der Waals surface area contributed by atoms with E-state index >= 15 is 0 Å². The van der Waals surface area contributed by atoms with Crippen LogP contribution in [-0.4, -0.2) is 69.2 Å². The number of methoxy groups -OCH3 is 2. The van der Waals surface area contributed by atoms with E-state index in [0.29, 0.717) is 17.2 Å². The molecule has 11 heteroatoms. The third-order valence-electron chi connectivity index (χ3n) is 5.57. The molecular weight excluding hydrogens is 464 g/mol. The fourth-order valence-electron chi connectivity index (χ4n) is 3.58. The lowest BCUT2D eigenvalue weighted by atomic mass is 10.1. The Morgan fingerprint density at radius 3 is 2.29 bits per heavy atom. The second-order valence-corrected chi connectivity index (χ2v) is 9.87. The van der Waals surface area contributed by atoms with Crippen molar-refractivity contribution in [3.63, 3.8) is 0 Å². The first-order valence-electron chi connectivity index (χ1n) is 10.5. The molecule has 2 aromatic carbocycles. The van der Waals surface area contributed by atoms with Gasteiger partial charge in [-0.25, -0.2) is 8.42 Å². The van der Waals surface area contributed by atoms with Crippen molar-refractivity contribution in [2.45, 2.75) is 37.3 Å². The number of hydrogen-bond donors (Lipinski definition) is 2. The van der Waals surface area contributed by atoms with Gasteiger partial charge in [-0.05, 0) is 37.1 Å². The van der Waals surface area contributed by atoms with Gasteiger partial charge in [0.2, 0.25) is 10.0 Å². The van der Waals surface area contributed by atoms with Crippen LogP contribution in [0.5, 0.6) is 11.5 Å². The van der Waals surface area contributed by atoms with Crippen molar-refractivity contribution < 1.29 is 37.3 Å². The highest BCUT2D eigenvalue weighted by Gasteiger charge is 2.44. The summed E-state index contributed by atoms with van der Waals surface area (Å²) in [6, 6.07) is 8.17. The van der Waals surface area contributed by atoms with Crippen LogP contribution in [0.15, 0.2) is 41.3 Å². The molecule has 0 aliphatic carbocycles. The number of nitrogens with zero attached hydrogens (tertiary/aromatic N) is 1. The van der Waals surface area contributed by atoms with Gasteiger partial charge in [0.25, 0.3) is 5.91 Å². The molecule has 3 rings (SSSR count). The Labute approximate surface area is 198 Å². The Hall–Kier alpha value is -3.15. The number of rotatable bonds is 8. The highest BCUT2D eigenvalue weighted by Crippen LogP contribution is 2.29. The van der Waals surface area contributed by atoms with Crippen LogP contribution in [0.2, 0.25) is 0 Å². The van der Waals surface area contributed by atoms with Gasteiger partial charge < -0.3 is 24.6 Å². The van der Waals surface area contributed by atoms with Gasteiger partial charge in [-0.2, -0.15) is 4.31 Å². The standard InChI is InChI=1S/C23H28N2O8S/c1-14-5-6-20(7-15(14)2)34(29,30)25-12-17(26)10-21(25)23(28)33-13-22(27)24-16-8-18(31-3)11-19(9-16)32-4/h5-9,11,17,21,26H,10,12-13H2,1-4H3,(H,24,27). The molecule has 0 bridgehead atoms. The lowest BCUT2D eigenvalue weighted by Gasteiger charge is -2.22. The number of aliphatic hydroxyl groups is 1. The van der Waals surface area contributed by atoms with Crippen molar-refractivity contribution in [3.8, 4) is 11.5 Å². The largest absolute Gasteiger partial charge is 0.497 e. The zero-order valence-electron chi connectivity index (χ0n) is 19.4. The number of carbonyl (C=O) groups is 2. The number of hydrogen-bond acceptors (Lipinski definition) is 8. The lowest BCUT2D eigenvalue weighted by Crippen LogP contribution is -2.42. The van der Waals surface area contributed by atoms with Crippen LogP contribution < -0.4 is 14.8 Å². The molecule has 1 saturated heterocycles. The van der Waals surface area contributed by atoms with E-state index in [1.54, 1.807) is 31.2 Å². The highest BCUT2D eigenvalue weighted by atomic mass is 32.2. The molecular formula is C23H28N2O8S. The lowest BCUT2D eigenvalue weighted by molar-refractivity contribution is -0.150. The van der Waals surface area contributed by atoms with Gasteiger partial charge in [-0.1, -0.05) is 6.07 Å². The summed E-state index contributed by atoms with van der Waals surface area (Å²) >= 11 is 0. The number of amides is 1. The normalized spacial score (nSPS) is 18.4. The summed E-state index contributed by atoms with van der Waals surface area (Å²) in [7, 11) is -1.13. The monoisotopic (exact) mass is 492 g/mol. The van der Waals surface area contributed by atoms with Gasteiger partial charge in [-0.15, -0.1) is 0 Å². The van der Waals surface area contributed by atoms with E-state index in [9.17, 15) is 23.1 Å². The number of nitrogens with one attached hydrogen (secondary N) is 1. The zero-order chi connectivity index (χ0) is 25.0. The molecule has 34 heavy (non-hydrogen) atoms. The quantitative estimate of drug-likeness (QED) is 0.532. The van der Waals surface area contributed by atoms with Crippen LogP contribution >= 0.6 is 0 Å². The van der Waals surface area contributed by atoms with Crippen LogP contribution in [-0.2, 0) is 24.3 Å². The molecule has 10 nitrogen and oxygen atoms in total. The van der Waals surface area contributed by atoms with Crippen LogP contribution in [0.1, 0.15) is 17.5 Å². The van der Waals surface area contributed by atoms with Crippen molar-refractivity contribution in [3.05, 3.63) is 47.5 Å². The number of aliphatic hydroxyl groups excluding tert-OH is 1. The molecule has 1 heterocycles. The summed E-state index contributed by atoms with van der Waals surface area (Å²) in [6.45, 7) is 2.76. The van der Waals surface area contributed by atoms with Gasteiger partial charge in [0.1, 0.15) is 17.5 Å². The van der Waals surface area contributed by atoms with Crippen LogP contribution in [0.3, 0.4) is 0 Å². The fraction of sp³-hybridized carbons (Fsp3) is 0.391. The summed E-state index contributed by atoms with van der Waals surface area (Å²) < 4.78 is 42.6. The second kappa shape index (κ2) is 10.4. The Balaban J connectivity index is 1.68.